The molecule has 1 aliphatic heterocycles. The van der Waals surface area contributed by atoms with Crippen LogP contribution < -0.4 is 5.73 Å². The van der Waals surface area contributed by atoms with Crippen LogP contribution in [0.2, 0.25) is 0 Å². The van der Waals surface area contributed by atoms with Gasteiger partial charge >= 0.3 is 0 Å². The summed E-state index contributed by atoms with van der Waals surface area (Å²) in [5.74, 6) is -0.152. The molecule has 2 rings (SSSR count). The molecule has 1 aliphatic carbocycles. The molecule has 0 atom stereocenters. The third kappa shape index (κ3) is 1.34. The van der Waals surface area contributed by atoms with E-state index in [0.717, 1.165) is 45.6 Å². The Balaban J connectivity index is 2.06. The smallest absolute Gasteiger partial charge is 0.237 e. The standard InChI is InChI=1S/C9H16N2O2/c10-8(12)9(2-1-3-9)11-4-6-13-7-5-11/h1-7H2,(H2,10,12). The number of amides is 1. The van der Waals surface area contributed by atoms with E-state index in [1.165, 1.54) is 0 Å². The van der Waals surface area contributed by atoms with E-state index in [-0.39, 0.29) is 11.4 Å². The van der Waals surface area contributed by atoms with Crippen molar-refractivity contribution in [1.29, 1.82) is 0 Å². The molecule has 0 spiro atoms. The van der Waals surface area contributed by atoms with E-state index in [1.807, 2.05) is 0 Å². The van der Waals surface area contributed by atoms with Crippen molar-refractivity contribution in [3.63, 3.8) is 0 Å². The van der Waals surface area contributed by atoms with Crippen molar-refractivity contribution in [2.24, 2.45) is 5.73 Å². The lowest BCUT2D eigenvalue weighted by atomic mass is 9.74. The van der Waals surface area contributed by atoms with Crippen molar-refractivity contribution in [2.45, 2.75) is 24.8 Å². The molecule has 1 saturated carbocycles. The minimum Gasteiger partial charge on any atom is -0.379 e. The van der Waals surface area contributed by atoms with Gasteiger partial charge in [0.1, 0.15) is 5.54 Å². The first kappa shape index (κ1) is 8.97. The lowest BCUT2D eigenvalue weighted by Crippen LogP contribution is -2.64. The second-order valence-electron chi connectivity index (χ2n) is 3.85. The van der Waals surface area contributed by atoms with Crippen LogP contribution in [-0.4, -0.2) is 42.6 Å². The summed E-state index contributed by atoms with van der Waals surface area (Å²) in [6.07, 6.45) is 2.99. The fraction of sp³-hybridized carbons (Fsp3) is 0.889. The molecule has 2 aliphatic rings. The van der Waals surface area contributed by atoms with Gasteiger partial charge in [0.25, 0.3) is 0 Å². The molecule has 0 aromatic carbocycles. The van der Waals surface area contributed by atoms with E-state index < -0.39 is 0 Å². The average Bonchev–Trinajstić information content (AvgIpc) is 2.03. The van der Waals surface area contributed by atoms with Crippen LogP contribution in [0.4, 0.5) is 0 Å². The summed E-state index contributed by atoms with van der Waals surface area (Å²) in [4.78, 5) is 13.5. The fourth-order valence-electron chi connectivity index (χ4n) is 2.22. The van der Waals surface area contributed by atoms with E-state index >= 15 is 0 Å². The number of nitrogens with zero attached hydrogens (tertiary/aromatic N) is 1. The minimum absolute atomic E-state index is 0.152. The predicted molar refractivity (Wildman–Crippen MR) is 48.2 cm³/mol. The van der Waals surface area contributed by atoms with E-state index in [0.29, 0.717) is 0 Å². The lowest BCUT2D eigenvalue weighted by molar-refractivity contribution is -0.141. The molecule has 0 bridgehead atoms. The number of nitrogens with two attached hydrogens (primary N) is 1. The van der Waals surface area contributed by atoms with Crippen molar-refractivity contribution in [1.82, 2.24) is 4.90 Å². The van der Waals surface area contributed by atoms with Crippen LogP contribution in [0.15, 0.2) is 0 Å². The van der Waals surface area contributed by atoms with Crippen LogP contribution in [0, 0.1) is 0 Å². The highest BCUT2D eigenvalue weighted by molar-refractivity contribution is 5.85. The SMILES string of the molecule is NC(=O)C1(N2CCOCC2)CCC1. The van der Waals surface area contributed by atoms with Gasteiger partial charge in [0.05, 0.1) is 13.2 Å². The zero-order chi connectivity index (χ0) is 9.31. The molecule has 1 amide bonds. The molecule has 13 heavy (non-hydrogen) atoms. The van der Waals surface area contributed by atoms with Gasteiger partial charge in [-0.15, -0.1) is 0 Å². The van der Waals surface area contributed by atoms with Crippen LogP contribution in [-0.2, 0) is 9.53 Å². The molecule has 4 heteroatoms. The van der Waals surface area contributed by atoms with Crippen LogP contribution in [0.3, 0.4) is 0 Å². The number of rotatable bonds is 2. The van der Waals surface area contributed by atoms with Gasteiger partial charge in [-0.1, -0.05) is 0 Å². The van der Waals surface area contributed by atoms with Crippen LogP contribution >= 0.6 is 0 Å². The molecule has 0 unspecified atom stereocenters. The number of ether oxygens (including phenoxy) is 1. The van der Waals surface area contributed by atoms with Crippen LogP contribution in [0.25, 0.3) is 0 Å². The summed E-state index contributed by atoms with van der Waals surface area (Å²) >= 11 is 0. The highest BCUT2D eigenvalue weighted by Crippen LogP contribution is 2.37. The maximum absolute atomic E-state index is 11.3. The maximum Gasteiger partial charge on any atom is 0.237 e. The zero-order valence-corrected chi connectivity index (χ0v) is 7.79. The number of hydrogen-bond donors (Lipinski definition) is 1. The second-order valence-corrected chi connectivity index (χ2v) is 3.85. The molecular weight excluding hydrogens is 168 g/mol. The fourth-order valence-corrected chi connectivity index (χ4v) is 2.22. The Bertz CT molecular complexity index is 208. The molecule has 74 valence electrons. The van der Waals surface area contributed by atoms with Crippen molar-refractivity contribution >= 4 is 5.91 Å². The van der Waals surface area contributed by atoms with E-state index in [2.05, 4.69) is 4.90 Å². The van der Waals surface area contributed by atoms with Crippen LogP contribution in [0.5, 0.6) is 0 Å². The first-order valence-corrected chi connectivity index (χ1v) is 4.88. The first-order valence-electron chi connectivity index (χ1n) is 4.88. The van der Waals surface area contributed by atoms with E-state index in [1.54, 1.807) is 0 Å². The summed E-state index contributed by atoms with van der Waals surface area (Å²) in [6.45, 7) is 3.16. The summed E-state index contributed by atoms with van der Waals surface area (Å²) < 4.78 is 5.25. The number of morpholine rings is 1. The molecule has 1 saturated heterocycles. The molecule has 0 radical (unpaired) electrons. The minimum atomic E-state index is -0.316. The number of carbonyl (C=O) groups excluding carboxylic acids is 1. The largest absolute Gasteiger partial charge is 0.379 e. The lowest BCUT2D eigenvalue weighted by Gasteiger charge is -2.49. The predicted octanol–water partition coefficient (Wildman–Crippen LogP) is -0.273. The number of primary amides is 1. The highest BCUT2D eigenvalue weighted by atomic mass is 16.5. The van der Waals surface area contributed by atoms with E-state index in [9.17, 15) is 4.79 Å². The summed E-state index contributed by atoms with van der Waals surface area (Å²) in [7, 11) is 0. The highest BCUT2D eigenvalue weighted by Gasteiger charge is 2.47. The molecule has 4 nitrogen and oxygen atoms in total. The molecule has 1 heterocycles. The summed E-state index contributed by atoms with van der Waals surface area (Å²) in [6, 6.07) is 0. The zero-order valence-electron chi connectivity index (χ0n) is 7.79. The van der Waals surface area contributed by atoms with Gasteiger partial charge in [-0.3, -0.25) is 9.69 Å². The van der Waals surface area contributed by atoms with Crippen molar-refractivity contribution in [2.75, 3.05) is 26.3 Å². The second kappa shape index (κ2) is 3.27. The van der Waals surface area contributed by atoms with Gasteiger partial charge in [-0.2, -0.15) is 0 Å². The Morgan fingerprint density at radius 1 is 1.31 bits per heavy atom. The monoisotopic (exact) mass is 184 g/mol. The Morgan fingerprint density at radius 3 is 2.31 bits per heavy atom. The molecule has 2 N–H and O–H groups in total. The molecule has 0 aromatic rings. The van der Waals surface area contributed by atoms with Gasteiger partial charge in [0, 0.05) is 13.1 Å². The van der Waals surface area contributed by atoms with Crippen molar-refractivity contribution in [3.05, 3.63) is 0 Å². The topological polar surface area (TPSA) is 55.6 Å². The van der Waals surface area contributed by atoms with Gasteiger partial charge in [-0.25, -0.2) is 0 Å². The average molecular weight is 184 g/mol. The summed E-state index contributed by atoms with van der Waals surface area (Å²) in [5.41, 5.74) is 5.13. The molecular formula is C9H16N2O2. The Hall–Kier alpha value is -0.610. The first-order chi connectivity index (χ1) is 6.26. The molecule has 2 fully saturated rings. The molecule has 0 aromatic heterocycles. The van der Waals surface area contributed by atoms with Gasteiger partial charge in [0.2, 0.25) is 5.91 Å². The van der Waals surface area contributed by atoms with Gasteiger partial charge in [-0.05, 0) is 19.3 Å². The van der Waals surface area contributed by atoms with Gasteiger partial charge in [0.15, 0.2) is 0 Å². The third-order valence-corrected chi connectivity index (χ3v) is 3.26. The van der Waals surface area contributed by atoms with Crippen molar-refractivity contribution in [3.8, 4) is 0 Å². The normalized spacial score (nSPS) is 28.0. The summed E-state index contributed by atoms with van der Waals surface area (Å²) in [5, 5.41) is 0. The van der Waals surface area contributed by atoms with Gasteiger partial charge < -0.3 is 10.5 Å². The Morgan fingerprint density at radius 2 is 1.92 bits per heavy atom. The van der Waals surface area contributed by atoms with Crippen molar-refractivity contribution < 1.29 is 9.53 Å². The third-order valence-electron chi connectivity index (χ3n) is 3.26. The quantitative estimate of drug-likeness (QED) is 0.642. The number of hydrogen-bond acceptors (Lipinski definition) is 3. The Kier molecular flexibility index (Phi) is 2.26. The van der Waals surface area contributed by atoms with Crippen LogP contribution in [0.1, 0.15) is 19.3 Å². The number of carbonyl (C=O) groups is 1. The Labute approximate surface area is 78.0 Å². The van der Waals surface area contributed by atoms with E-state index in [4.69, 9.17) is 10.5 Å². The maximum atomic E-state index is 11.3.